The Labute approximate surface area is 124 Å². The van der Waals surface area contributed by atoms with Gasteiger partial charge >= 0.3 is 0 Å². The predicted molar refractivity (Wildman–Crippen MR) is 81.7 cm³/mol. The smallest absolute Gasteiger partial charge is 0.235 e. The van der Waals surface area contributed by atoms with Crippen LogP contribution in [0.4, 0.5) is 10.1 Å². The number of carbonyl (C=O) groups is 1. The Morgan fingerprint density at radius 1 is 1.14 bits per heavy atom. The molecule has 2 aromatic carbocycles. The number of carbonyl (C=O) groups excluding carboxylic acids is 1. The first-order valence-electron chi connectivity index (χ1n) is 7.25. The minimum absolute atomic E-state index is 0.00894. The number of amides is 1. The van der Waals surface area contributed by atoms with Gasteiger partial charge in [0, 0.05) is 5.69 Å². The molecule has 0 heterocycles. The van der Waals surface area contributed by atoms with Crippen LogP contribution in [0.5, 0.6) is 0 Å². The number of nitrogens with one attached hydrogen (secondary N) is 1. The van der Waals surface area contributed by atoms with Crippen LogP contribution in [-0.4, -0.2) is 5.91 Å². The molecule has 0 bridgehead atoms. The van der Waals surface area contributed by atoms with E-state index in [2.05, 4.69) is 5.32 Å². The second-order valence-electron chi connectivity index (χ2n) is 5.72. The van der Waals surface area contributed by atoms with Gasteiger partial charge in [0.2, 0.25) is 5.91 Å². The molecule has 1 fully saturated rings. The lowest BCUT2D eigenvalue weighted by atomic mass is 9.64. The van der Waals surface area contributed by atoms with Crippen molar-refractivity contribution in [3.05, 3.63) is 65.5 Å². The third-order valence-corrected chi connectivity index (χ3v) is 4.40. The second-order valence-corrected chi connectivity index (χ2v) is 5.72. The number of aryl methyl sites for hydroxylation is 1. The number of anilines is 1. The van der Waals surface area contributed by atoms with E-state index in [1.807, 2.05) is 30.3 Å². The molecule has 0 saturated heterocycles. The van der Waals surface area contributed by atoms with Gasteiger partial charge in [0.1, 0.15) is 5.82 Å². The SMILES string of the molecule is Cc1cc(F)ccc1NC(=O)C1(c2ccccc2)CCC1. The Kier molecular flexibility index (Phi) is 3.50. The monoisotopic (exact) mass is 283 g/mol. The number of hydrogen-bond acceptors (Lipinski definition) is 1. The van der Waals surface area contributed by atoms with Crippen molar-refractivity contribution in [1.82, 2.24) is 0 Å². The highest BCUT2D eigenvalue weighted by Gasteiger charge is 2.45. The van der Waals surface area contributed by atoms with Crippen molar-refractivity contribution in [3.63, 3.8) is 0 Å². The Bertz CT molecular complexity index is 662. The molecular formula is C18H18FNO. The first-order chi connectivity index (χ1) is 10.1. The van der Waals surface area contributed by atoms with E-state index in [1.165, 1.54) is 12.1 Å². The third-order valence-electron chi connectivity index (χ3n) is 4.40. The summed E-state index contributed by atoms with van der Waals surface area (Å²) in [4.78, 5) is 12.7. The molecule has 1 N–H and O–H groups in total. The van der Waals surface area contributed by atoms with E-state index in [1.54, 1.807) is 13.0 Å². The zero-order valence-corrected chi connectivity index (χ0v) is 12.0. The van der Waals surface area contributed by atoms with E-state index >= 15 is 0 Å². The quantitative estimate of drug-likeness (QED) is 0.899. The molecule has 2 nitrogen and oxygen atoms in total. The number of halogens is 1. The van der Waals surface area contributed by atoms with Crippen LogP contribution < -0.4 is 5.32 Å². The number of rotatable bonds is 3. The van der Waals surface area contributed by atoms with Crippen LogP contribution in [-0.2, 0) is 10.2 Å². The molecule has 0 atom stereocenters. The molecule has 0 spiro atoms. The van der Waals surface area contributed by atoms with E-state index < -0.39 is 5.41 Å². The summed E-state index contributed by atoms with van der Waals surface area (Å²) in [5, 5.41) is 2.97. The predicted octanol–water partition coefficient (Wildman–Crippen LogP) is 4.19. The molecule has 3 rings (SSSR count). The molecule has 0 radical (unpaired) electrons. The van der Waals surface area contributed by atoms with E-state index in [-0.39, 0.29) is 11.7 Å². The zero-order valence-electron chi connectivity index (χ0n) is 12.0. The third kappa shape index (κ3) is 2.44. The van der Waals surface area contributed by atoms with Crippen molar-refractivity contribution in [2.45, 2.75) is 31.6 Å². The van der Waals surface area contributed by atoms with Crippen molar-refractivity contribution < 1.29 is 9.18 Å². The second kappa shape index (κ2) is 5.32. The maximum Gasteiger partial charge on any atom is 0.235 e. The molecule has 0 aromatic heterocycles. The van der Waals surface area contributed by atoms with Crippen molar-refractivity contribution in [2.75, 3.05) is 5.32 Å². The molecule has 108 valence electrons. The van der Waals surface area contributed by atoms with E-state index in [0.29, 0.717) is 5.69 Å². The highest BCUT2D eigenvalue weighted by Crippen LogP contribution is 2.44. The summed E-state index contributed by atoms with van der Waals surface area (Å²) in [5.74, 6) is -0.276. The molecule has 0 aliphatic heterocycles. The van der Waals surface area contributed by atoms with Crippen LogP contribution in [0.25, 0.3) is 0 Å². The lowest BCUT2D eigenvalue weighted by molar-refractivity contribution is -0.124. The summed E-state index contributed by atoms with van der Waals surface area (Å²) < 4.78 is 13.1. The molecule has 1 aliphatic carbocycles. The summed E-state index contributed by atoms with van der Waals surface area (Å²) in [5.41, 5.74) is 2.06. The number of benzene rings is 2. The zero-order chi connectivity index (χ0) is 14.9. The standard InChI is InChI=1S/C18H18FNO/c1-13-12-15(19)8-9-16(13)20-17(21)18(10-5-11-18)14-6-3-2-4-7-14/h2-4,6-9,12H,5,10-11H2,1H3,(H,20,21). The van der Waals surface area contributed by atoms with Gasteiger partial charge in [0.25, 0.3) is 0 Å². The largest absolute Gasteiger partial charge is 0.325 e. The molecule has 1 aliphatic rings. The van der Waals surface area contributed by atoms with E-state index in [4.69, 9.17) is 0 Å². The maximum absolute atomic E-state index is 13.1. The van der Waals surface area contributed by atoms with Crippen molar-refractivity contribution >= 4 is 11.6 Å². The highest BCUT2D eigenvalue weighted by molar-refractivity contribution is 6.00. The van der Waals surface area contributed by atoms with Gasteiger partial charge in [-0.15, -0.1) is 0 Å². The average Bonchev–Trinajstić information content (AvgIpc) is 2.42. The topological polar surface area (TPSA) is 29.1 Å². The summed E-state index contributed by atoms with van der Waals surface area (Å²) in [6.07, 6.45) is 2.79. The van der Waals surface area contributed by atoms with Gasteiger partial charge in [0.15, 0.2) is 0 Å². The van der Waals surface area contributed by atoms with Gasteiger partial charge in [-0.3, -0.25) is 4.79 Å². The van der Waals surface area contributed by atoms with Crippen molar-refractivity contribution in [2.24, 2.45) is 0 Å². The van der Waals surface area contributed by atoms with Crippen molar-refractivity contribution in [3.8, 4) is 0 Å². The molecule has 3 heteroatoms. The van der Waals surface area contributed by atoms with Crippen LogP contribution >= 0.6 is 0 Å². The van der Waals surface area contributed by atoms with E-state index in [0.717, 1.165) is 30.4 Å². The first-order valence-corrected chi connectivity index (χ1v) is 7.25. The molecule has 1 saturated carbocycles. The summed E-state index contributed by atoms with van der Waals surface area (Å²) in [6, 6.07) is 14.3. The molecule has 21 heavy (non-hydrogen) atoms. The Hall–Kier alpha value is -2.16. The Morgan fingerprint density at radius 3 is 2.43 bits per heavy atom. The van der Waals surface area contributed by atoms with Gasteiger partial charge < -0.3 is 5.32 Å². The fourth-order valence-electron chi connectivity index (χ4n) is 2.94. The van der Waals surface area contributed by atoms with Gasteiger partial charge in [-0.1, -0.05) is 36.8 Å². The van der Waals surface area contributed by atoms with E-state index in [9.17, 15) is 9.18 Å². The lowest BCUT2D eigenvalue weighted by Crippen LogP contribution is -2.46. The van der Waals surface area contributed by atoms with Gasteiger partial charge in [-0.25, -0.2) is 4.39 Å². The molecule has 2 aromatic rings. The molecule has 0 unspecified atom stereocenters. The van der Waals surface area contributed by atoms with Gasteiger partial charge in [0.05, 0.1) is 5.41 Å². The van der Waals surface area contributed by atoms with Gasteiger partial charge in [-0.2, -0.15) is 0 Å². The van der Waals surface area contributed by atoms with Crippen LogP contribution in [0.1, 0.15) is 30.4 Å². The Morgan fingerprint density at radius 2 is 1.86 bits per heavy atom. The molecule has 1 amide bonds. The maximum atomic E-state index is 13.1. The minimum Gasteiger partial charge on any atom is -0.325 e. The van der Waals surface area contributed by atoms with Crippen LogP contribution in [0.3, 0.4) is 0 Å². The van der Waals surface area contributed by atoms with Crippen LogP contribution in [0.15, 0.2) is 48.5 Å². The fraction of sp³-hybridized carbons (Fsp3) is 0.278. The molecular weight excluding hydrogens is 265 g/mol. The van der Waals surface area contributed by atoms with Crippen molar-refractivity contribution in [1.29, 1.82) is 0 Å². The number of hydrogen-bond donors (Lipinski definition) is 1. The minimum atomic E-state index is -0.428. The lowest BCUT2D eigenvalue weighted by Gasteiger charge is -2.40. The summed E-state index contributed by atoms with van der Waals surface area (Å²) in [6.45, 7) is 1.80. The summed E-state index contributed by atoms with van der Waals surface area (Å²) in [7, 11) is 0. The Balaban J connectivity index is 1.87. The van der Waals surface area contributed by atoms with Crippen LogP contribution in [0.2, 0.25) is 0 Å². The highest BCUT2D eigenvalue weighted by atomic mass is 19.1. The fourth-order valence-corrected chi connectivity index (χ4v) is 2.94. The summed E-state index contributed by atoms with van der Waals surface area (Å²) >= 11 is 0. The average molecular weight is 283 g/mol. The first kappa shape index (κ1) is 13.8. The normalized spacial score (nSPS) is 16.1. The van der Waals surface area contributed by atoms with Gasteiger partial charge in [-0.05, 0) is 49.1 Å². The van der Waals surface area contributed by atoms with Crippen LogP contribution in [0, 0.1) is 12.7 Å².